The van der Waals surface area contributed by atoms with Crippen LogP contribution < -0.4 is 5.73 Å². The highest BCUT2D eigenvalue weighted by molar-refractivity contribution is 5.81. The molecule has 2 N–H and O–H groups in total. The molecule has 0 spiro atoms. The van der Waals surface area contributed by atoms with Crippen molar-refractivity contribution in [3.63, 3.8) is 0 Å². The maximum Gasteiger partial charge on any atom is 0.239 e. The number of hydrogen-bond acceptors (Lipinski definition) is 3. The molecule has 1 unspecified atom stereocenters. The fourth-order valence-electron chi connectivity index (χ4n) is 1.63. The van der Waals surface area contributed by atoms with Crippen molar-refractivity contribution in [3.8, 4) is 0 Å². The average molecular weight is 214 g/mol. The van der Waals surface area contributed by atoms with Gasteiger partial charge in [-0.15, -0.1) is 0 Å². The van der Waals surface area contributed by atoms with E-state index in [0.717, 1.165) is 18.9 Å². The van der Waals surface area contributed by atoms with Crippen LogP contribution in [0.5, 0.6) is 0 Å². The molecule has 1 aliphatic rings. The molecule has 0 aromatic carbocycles. The molecule has 88 valence electrons. The van der Waals surface area contributed by atoms with Crippen LogP contribution in [-0.2, 0) is 9.53 Å². The van der Waals surface area contributed by atoms with Crippen LogP contribution in [0.2, 0.25) is 0 Å². The third-order valence-electron chi connectivity index (χ3n) is 2.79. The Kier molecular flexibility index (Phi) is 5.05. The molecule has 1 amide bonds. The highest BCUT2D eigenvalue weighted by Gasteiger charge is 2.26. The predicted molar refractivity (Wildman–Crippen MR) is 59.4 cm³/mol. The number of ether oxygens (including phenoxy) is 1. The molecular formula is C11H22N2O2. The van der Waals surface area contributed by atoms with Gasteiger partial charge in [0.15, 0.2) is 0 Å². The van der Waals surface area contributed by atoms with E-state index in [-0.39, 0.29) is 11.9 Å². The van der Waals surface area contributed by atoms with Crippen LogP contribution >= 0.6 is 0 Å². The monoisotopic (exact) mass is 214 g/mol. The Morgan fingerprint density at radius 1 is 1.60 bits per heavy atom. The first-order valence-corrected chi connectivity index (χ1v) is 5.64. The number of rotatable bonds is 7. The molecule has 4 nitrogen and oxygen atoms in total. The lowest BCUT2D eigenvalue weighted by molar-refractivity contribution is -0.131. The van der Waals surface area contributed by atoms with Gasteiger partial charge in [-0.3, -0.25) is 4.79 Å². The van der Waals surface area contributed by atoms with Crippen molar-refractivity contribution in [2.75, 3.05) is 27.3 Å². The Morgan fingerprint density at radius 2 is 2.27 bits per heavy atom. The van der Waals surface area contributed by atoms with E-state index in [2.05, 4.69) is 0 Å². The van der Waals surface area contributed by atoms with E-state index in [1.165, 1.54) is 12.8 Å². The van der Waals surface area contributed by atoms with Crippen LogP contribution in [0.4, 0.5) is 0 Å². The summed E-state index contributed by atoms with van der Waals surface area (Å²) in [4.78, 5) is 13.5. The summed E-state index contributed by atoms with van der Waals surface area (Å²) in [5.41, 5.74) is 5.81. The van der Waals surface area contributed by atoms with Gasteiger partial charge in [-0.05, 0) is 31.6 Å². The number of likely N-dealkylation sites (N-methyl/N-ethyl adjacent to an activating group) is 1. The first-order chi connectivity index (χ1) is 7.15. The molecule has 1 atom stereocenters. The van der Waals surface area contributed by atoms with Crippen molar-refractivity contribution < 1.29 is 9.53 Å². The lowest BCUT2D eigenvalue weighted by Gasteiger charge is -2.21. The lowest BCUT2D eigenvalue weighted by Crippen LogP contribution is -2.42. The minimum absolute atomic E-state index is 0.0676. The largest absolute Gasteiger partial charge is 0.385 e. The molecule has 0 bridgehead atoms. The van der Waals surface area contributed by atoms with Crippen molar-refractivity contribution in [2.24, 2.45) is 11.7 Å². The van der Waals surface area contributed by atoms with Gasteiger partial charge in [0.1, 0.15) is 0 Å². The molecule has 0 heterocycles. The number of carbonyl (C=O) groups excluding carboxylic acids is 1. The first kappa shape index (κ1) is 12.5. The standard InChI is InChI=1S/C11H22N2O2/c1-13(8-9-5-6-9)11(14)10(12)4-3-7-15-2/h9-10H,3-8,12H2,1-2H3. The summed E-state index contributed by atoms with van der Waals surface area (Å²) in [6, 6.07) is -0.358. The summed E-state index contributed by atoms with van der Waals surface area (Å²) in [5.74, 6) is 0.795. The number of methoxy groups -OCH3 is 1. The number of hydrogen-bond donors (Lipinski definition) is 1. The Morgan fingerprint density at radius 3 is 2.80 bits per heavy atom. The quantitative estimate of drug-likeness (QED) is 0.632. The molecule has 1 saturated carbocycles. The maximum atomic E-state index is 11.8. The van der Waals surface area contributed by atoms with Gasteiger partial charge < -0.3 is 15.4 Å². The average Bonchev–Trinajstić information content (AvgIpc) is 3.00. The molecule has 0 saturated heterocycles. The second kappa shape index (κ2) is 6.08. The van der Waals surface area contributed by atoms with E-state index in [1.807, 2.05) is 7.05 Å². The lowest BCUT2D eigenvalue weighted by atomic mass is 10.1. The van der Waals surface area contributed by atoms with E-state index >= 15 is 0 Å². The smallest absolute Gasteiger partial charge is 0.239 e. The van der Waals surface area contributed by atoms with Gasteiger partial charge in [-0.1, -0.05) is 0 Å². The summed E-state index contributed by atoms with van der Waals surface area (Å²) in [5, 5.41) is 0. The SMILES string of the molecule is COCCCC(N)C(=O)N(C)CC1CC1. The predicted octanol–water partition coefficient (Wildman–Crippen LogP) is 0.609. The Hall–Kier alpha value is -0.610. The summed E-state index contributed by atoms with van der Waals surface area (Å²) in [6.45, 7) is 1.55. The van der Waals surface area contributed by atoms with Gasteiger partial charge in [-0.25, -0.2) is 0 Å². The van der Waals surface area contributed by atoms with Gasteiger partial charge >= 0.3 is 0 Å². The molecule has 0 radical (unpaired) electrons. The van der Waals surface area contributed by atoms with Crippen molar-refractivity contribution in [1.29, 1.82) is 0 Å². The molecule has 0 aliphatic heterocycles. The van der Waals surface area contributed by atoms with Crippen LogP contribution in [0.25, 0.3) is 0 Å². The van der Waals surface area contributed by atoms with Crippen LogP contribution in [0.1, 0.15) is 25.7 Å². The first-order valence-electron chi connectivity index (χ1n) is 5.64. The van der Waals surface area contributed by atoms with E-state index < -0.39 is 0 Å². The maximum absolute atomic E-state index is 11.8. The topological polar surface area (TPSA) is 55.6 Å². The summed E-state index contributed by atoms with van der Waals surface area (Å²) >= 11 is 0. The van der Waals surface area contributed by atoms with Crippen LogP contribution in [-0.4, -0.2) is 44.2 Å². The third-order valence-corrected chi connectivity index (χ3v) is 2.79. The zero-order chi connectivity index (χ0) is 11.3. The Labute approximate surface area is 91.8 Å². The van der Waals surface area contributed by atoms with E-state index in [4.69, 9.17) is 10.5 Å². The van der Waals surface area contributed by atoms with Gasteiger partial charge in [-0.2, -0.15) is 0 Å². The van der Waals surface area contributed by atoms with Crippen molar-refractivity contribution in [3.05, 3.63) is 0 Å². The summed E-state index contributed by atoms with van der Waals surface area (Å²) in [6.07, 6.45) is 4.08. The second-order valence-corrected chi connectivity index (χ2v) is 4.40. The van der Waals surface area contributed by atoms with Crippen LogP contribution in [0.15, 0.2) is 0 Å². The molecule has 1 fully saturated rings. The fourth-order valence-corrected chi connectivity index (χ4v) is 1.63. The third kappa shape index (κ3) is 4.62. The molecule has 1 aliphatic carbocycles. The van der Waals surface area contributed by atoms with Gasteiger partial charge in [0.25, 0.3) is 0 Å². The number of nitrogens with zero attached hydrogens (tertiary/aromatic N) is 1. The van der Waals surface area contributed by atoms with E-state index in [0.29, 0.717) is 13.0 Å². The number of carbonyl (C=O) groups is 1. The summed E-state index contributed by atoms with van der Waals surface area (Å²) in [7, 11) is 3.50. The fraction of sp³-hybridized carbons (Fsp3) is 0.909. The normalized spacial score (nSPS) is 17.5. The minimum Gasteiger partial charge on any atom is -0.385 e. The molecule has 1 rings (SSSR count). The van der Waals surface area contributed by atoms with E-state index in [9.17, 15) is 4.79 Å². The second-order valence-electron chi connectivity index (χ2n) is 4.40. The molecule has 0 aromatic heterocycles. The zero-order valence-electron chi connectivity index (χ0n) is 9.74. The zero-order valence-corrected chi connectivity index (χ0v) is 9.74. The Bertz CT molecular complexity index is 205. The van der Waals surface area contributed by atoms with Crippen molar-refractivity contribution >= 4 is 5.91 Å². The van der Waals surface area contributed by atoms with Gasteiger partial charge in [0.05, 0.1) is 6.04 Å². The number of amides is 1. The van der Waals surface area contributed by atoms with Crippen molar-refractivity contribution in [1.82, 2.24) is 4.90 Å². The number of nitrogens with two attached hydrogens (primary N) is 1. The minimum atomic E-state index is -0.358. The van der Waals surface area contributed by atoms with Gasteiger partial charge in [0.2, 0.25) is 5.91 Å². The highest BCUT2D eigenvalue weighted by atomic mass is 16.5. The Balaban J connectivity index is 2.17. The highest BCUT2D eigenvalue weighted by Crippen LogP contribution is 2.29. The molecular weight excluding hydrogens is 192 g/mol. The van der Waals surface area contributed by atoms with Crippen LogP contribution in [0, 0.1) is 5.92 Å². The molecule has 15 heavy (non-hydrogen) atoms. The molecule has 0 aromatic rings. The van der Waals surface area contributed by atoms with Gasteiger partial charge in [0, 0.05) is 27.3 Å². The van der Waals surface area contributed by atoms with Crippen LogP contribution in [0.3, 0.4) is 0 Å². The van der Waals surface area contributed by atoms with E-state index in [1.54, 1.807) is 12.0 Å². The molecule has 4 heteroatoms. The van der Waals surface area contributed by atoms with Crippen molar-refractivity contribution in [2.45, 2.75) is 31.7 Å². The summed E-state index contributed by atoms with van der Waals surface area (Å²) < 4.78 is 4.93.